The lowest BCUT2D eigenvalue weighted by Crippen LogP contribution is -2.18. The number of fused-ring (bicyclic) bond motifs is 1. The number of rotatable bonds is 6. The minimum Gasteiger partial charge on any atom is -0.354 e. The van der Waals surface area contributed by atoms with E-state index in [1.165, 1.54) is 18.4 Å². The Morgan fingerprint density at radius 3 is 2.44 bits per heavy atom. The van der Waals surface area contributed by atoms with E-state index in [9.17, 15) is 9.59 Å². The number of carbonyl (C=O) groups excluding carboxylic acids is 2. The van der Waals surface area contributed by atoms with E-state index < -0.39 is 0 Å². The third-order valence-corrected chi connectivity index (χ3v) is 6.15. The van der Waals surface area contributed by atoms with Crippen LogP contribution in [0, 0.1) is 0 Å². The fourth-order valence-corrected chi connectivity index (χ4v) is 4.28. The van der Waals surface area contributed by atoms with Crippen molar-refractivity contribution in [2.75, 3.05) is 25.5 Å². The van der Waals surface area contributed by atoms with Gasteiger partial charge in [0.25, 0.3) is 11.8 Å². The molecule has 8 nitrogen and oxygen atoms in total. The topological polar surface area (TPSA) is 103 Å². The molecule has 172 valence electrons. The number of aromatic amines is 1. The summed E-state index contributed by atoms with van der Waals surface area (Å²) in [5.41, 5.74) is 5.14. The highest BCUT2D eigenvalue weighted by molar-refractivity contribution is 6.11. The van der Waals surface area contributed by atoms with Crippen molar-refractivity contribution in [3.05, 3.63) is 77.7 Å². The van der Waals surface area contributed by atoms with Crippen molar-refractivity contribution in [3.63, 3.8) is 0 Å². The smallest absolute Gasteiger partial charge is 0.276 e. The molecule has 1 aliphatic rings. The van der Waals surface area contributed by atoms with Crippen LogP contribution in [0.1, 0.15) is 39.4 Å². The molecule has 0 saturated carbocycles. The molecule has 0 aliphatic carbocycles. The Bertz CT molecular complexity index is 1320. The highest BCUT2D eigenvalue weighted by Crippen LogP contribution is 2.26. The molecule has 2 aromatic carbocycles. The third kappa shape index (κ3) is 4.53. The van der Waals surface area contributed by atoms with E-state index in [1.807, 2.05) is 36.4 Å². The maximum Gasteiger partial charge on any atom is 0.276 e. The largest absolute Gasteiger partial charge is 0.354 e. The minimum absolute atomic E-state index is 0.236. The van der Waals surface area contributed by atoms with Crippen LogP contribution in [0.4, 0.5) is 5.69 Å². The number of benzene rings is 2. The quantitative estimate of drug-likeness (QED) is 0.411. The van der Waals surface area contributed by atoms with Gasteiger partial charge >= 0.3 is 0 Å². The fraction of sp³-hybridized carbons (Fsp3) is 0.231. The number of H-pyrrole nitrogens is 1. The number of aromatic nitrogens is 3. The maximum atomic E-state index is 13.0. The van der Waals surface area contributed by atoms with E-state index in [4.69, 9.17) is 0 Å². The van der Waals surface area contributed by atoms with Gasteiger partial charge in [0.2, 0.25) is 0 Å². The molecule has 0 atom stereocenters. The molecule has 0 radical (unpaired) electrons. The Hall–Kier alpha value is -4.04. The summed E-state index contributed by atoms with van der Waals surface area (Å²) in [5, 5.41) is 13.4. The molecule has 8 heteroatoms. The van der Waals surface area contributed by atoms with Gasteiger partial charge < -0.3 is 10.6 Å². The molecule has 0 spiro atoms. The third-order valence-electron chi connectivity index (χ3n) is 6.15. The molecule has 0 unspecified atom stereocenters. The zero-order valence-electron chi connectivity index (χ0n) is 19.0. The average molecular weight is 455 g/mol. The van der Waals surface area contributed by atoms with Crippen molar-refractivity contribution in [1.29, 1.82) is 0 Å². The average Bonchev–Trinajstić information content (AvgIpc) is 3.54. The van der Waals surface area contributed by atoms with Gasteiger partial charge in [-0.3, -0.25) is 24.6 Å². The number of anilines is 1. The molecule has 34 heavy (non-hydrogen) atoms. The van der Waals surface area contributed by atoms with Crippen LogP contribution in [0.3, 0.4) is 0 Å². The number of amides is 2. The predicted octanol–water partition coefficient (Wildman–Crippen LogP) is 3.83. The highest BCUT2D eigenvalue weighted by atomic mass is 16.2. The van der Waals surface area contributed by atoms with Crippen LogP contribution in [0.2, 0.25) is 0 Å². The Kier molecular flexibility index (Phi) is 6.05. The lowest BCUT2D eigenvalue weighted by molar-refractivity contribution is 0.0957. The molecule has 3 N–H and O–H groups in total. The van der Waals surface area contributed by atoms with Crippen LogP contribution in [-0.2, 0) is 6.54 Å². The second kappa shape index (κ2) is 9.44. The van der Waals surface area contributed by atoms with Crippen molar-refractivity contribution in [3.8, 4) is 11.1 Å². The van der Waals surface area contributed by atoms with Gasteiger partial charge in [-0.05, 0) is 67.4 Å². The number of pyridine rings is 1. The van der Waals surface area contributed by atoms with Gasteiger partial charge in [0, 0.05) is 36.4 Å². The molecule has 2 amide bonds. The number of hydrogen-bond donors (Lipinski definition) is 3. The summed E-state index contributed by atoms with van der Waals surface area (Å²) in [4.78, 5) is 31.4. The molecule has 3 heterocycles. The summed E-state index contributed by atoms with van der Waals surface area (Å²) in [6.45, 7) is 3.25. The van der Waals surface area contributed by atoms with E-state index in [1.54, 1.807) is 19.3 Å². The maximum absolute atomic E-state index is 13.0. The first-order valence-electron chi connectivity index (χ1n) is 11.4. The van der Waals surface area contributed by atoms with E-state index in [0.717, 1.165) is 47.4 Å². The minimum atomic E-state index is -0.274. The Morgan fingerprint density at radius 1 is 0.971 bits per heavy atom. The lowest BCUT2D eigenvalue weighted by atomic mass is 10.0. The second-order valence-corrected chi connectivity index (χ2v) is 8.48. The molecule has 4 aromatic rings. The van der Waals surface area contributed by atoms with E-state index in [2.05, 4.69) is 42.8 Å². The van der Waals surface area contributed by atoms with E-state index in [-0.39, 0.29) is 11.8 Å². The number of carbonyl (C=O) groups is 2. The second-order valence-electron chi connectivity index (χ2n) is 8.48. The predicted molar refractivity (Wildman–Crippen MR) is 132 cm³/mol. The van der Waals surface area contributed by atoms with Crippen LogP contribution < -0.4 is 10.6 Å². The van der Waals surface area contributed by atoms with Crippen LogP contribution in [0.25, 0.3) is 22.0 Å². The number of nitrogens with zero attached hydrogens (tertiary/aromatic N) is 3. The molecule has 1 aliphatic heterocycles. The lowest BCUT2D eigenvalue weighted by Gasteiger charge is -2.14. The monoisotopic (exact) mass is 454 g/mol. The van der Waals surface area contributed by atoms with Crippen molar-refractivity contribution in [1.82, 2.24) is 25.4 Å². The van der Waals surface area contributed by atoms with Gasteiger partial charge in [0.15, 0.2) is 5.69 Å². The first kappa shape index (κ1) is 21.8. The first-order valence-corrected chi connectivity index (χ1v) is 11.4. The van der Waals surface area contributed by atoms with Gasteiger partial charge in [-0.15, -0.1) is 0 Å². The van der Waals surface area contributed by atoms with Gasteiger partial charge in [0.05, 0.1) is 5.52 Å². The summed E-state index contributed by atoms with van der Waals surface area (Å²) < 4.78 is 0. The summed E-state index contributed by atoms with van der Waals surface area (Å²) in [7, 11) is 1.57. The van der Waals surface area contributed by atoms with Crippen molar-refractivity contribution < 1.29 is 9.59 Å². The SMILES string of the molecule is CNC(=O)c1ccc(-c2ccc3[nH]nc(C(=O)Nc4ccc(CN5CCCC5)cc4)c3c2)cn1. The molecule has 1 fully saturated rings. The van der Waals surface area contributed by atoms with E-state index >= 15 is 0 Å². The van der Waals surface area contributed by atoms with Crippen molar-refractivity contribution in [2.24, 2.45) is 0 Å². The van der Waals surface area contributed by atoms with Gasteiger partial charge in [0.1, 0.15) is 5.69 Å². The molecule has 1 saturated heterocycles. The number of nitrogens with one attached hydrogen (secondary N) is 3. The molecular formula is C26H26N6O2. The van der Waals surface area contributed by atoms with Gasteiger partial charge in [-0.1, -0.05) is 24.3 Å². The molecule has 0 bridgehead atoms. The molecule has 2 aromatic heterocycles. The zero-order valence-corrected chi connectivity index (χ0v) is 19.0. The first-order chi connectivity index (χ1) is 16.6. The Labute approximate surface area is 197 Å². The standard InChI is InChI=1S/C26H26N6O2/c1-27-25(33)23-11-7-19(15-28-23)18-6-10-22-21(14-18)24(31-30-22)26(34)29-20-8-4-17(5-9-20)16-32-12-2-3-13-32/h4-11,14-15H,2-3,12-13,16H2,1H3,(H,27,33)(H,29,34)(H,30,31). The number of likely N-dealkylation sites (tertiary alicyclic amines) is 1. The van der Waals surface area contributed by atoms with Gasteiger partial charge in [-0.25, -0.2) is 0 Å². The summed E-state index contributed by atoms with van der Waals surface area (Å²) in [6.07, 6.45) is 4.19. The van der Waals surface area contributed by atoms with Crippen LogP contribution >= 0.6 is 0 Å². The highest BCUT2D eigenvalue weighted by Gasteiger charge is 2.16. The van der Waals surface area contributed by atoms with Gasteiger partial charge in [-0.2, -0.15) is 5.10 Å². The van der Waals surface area contributed by atoms with Crippen molar-refractivity contribution >= 4 is 28.4 Å². The molecule has 5 rings (SSSR count). The van der Waals surface area contributed by atoms with Crippen molar-refractivity contribution in [2.45, 2.75) is 19.4 Å². The summed E-state index contributed by atoms with van der Waals surface area (Å²) >= 11 is 0. The van der Waals surface area contributed by atoms with Crippen LogP contribution in [0.15, 0.2) is 60.8 Å². The Balaban J connectivity index is 1.33. The zero-order chi connectivity index (χ0) is 23.5. The summed E-state index contributed by atoms with van der Waals surface area (Å²) in [6, 6.07) is 17.2. The normalized spacial score (nSPS) is 13.8. The van der Waals surface area contributed by atoms with Crippen LogP contribution in [-0.4, -0.2) is 52.0 Å². The van der Waals surface area contributed by atoms with Crippen LogP contribution in [0.5, 0.6) is 0 Å². The Morgan fingerprint density at radius 2 is 1.74 bits per heavy atom. The number of hydrogen-bond acceptors (Lipinski definition) is 5. The van der Waals surface area contributed by atoms with E-state index in [0.29, 0.717) is 11.4 Å². The fourth-order valence-electron chi connectivity index (χ4n) is 4.28. The molecular weight excluding hydrogens is 428 g/mol. The summed E-state index contributed by atoms with van der Waals surface area (Å²) in [5.74, 6) is -0.511.